The number of rotatable bonds is 7. The zero-order valence-corrected chi connectivity index (χ0v) is 18.6. The number of anilines is 2. The molecule has 2 aliphatic carbocycles. The van der Waals surface area contributed by atoms with E-state index in [1.807, 2.05) is 26.1 Å². The van der Waals surface area contributed by atoms with Crippen LogP contribution in [0.5, 0.6) is 0 Å². The number of nitrogens with one attached hydrogen (secondary N) is 3. The highest BCUT2D eigenvalue weighted by molar-refractivity contribution is 5.91. The number of amides is 1. The molecule has 3 aromatic heterocycles. The molecule has 2 fully saturated rings. The summed E-state index contributed by atoms with van der Waals surface area (Å²) < 4.78 is 12.7. The number of carbonyl (C=O) groups excluding carboxylic acids is 1. The zero-order chi connectivity index (χ0) is 22.3. The Morgan fingerprint density at radius 2 is 2.22 bits per heavy atom. The van der Waals surface area contributed by atoms with Gasteiger partial charge in [-0.15, -0.1) is 0 Å². The van der Waals surface area contributed by atoms with Crippen molar-refractivity contribution in [3.05, 3.63) is 29.7 Å². The van der Waals surface area contributed by atoms with Gasteiger partial charge in [-0.25, -0.2) is 4.79 Å². The SMILES string of the molecule is COCc1nn(C)c2c(Nc3cc([C@H]4CC[C@@H](OC(=O)NC5(C)CC5)C4)[nH]n3)ccnc12. The number of ether oxygens (including phenoxy) is 2. The number of aromatic nitrogens is 5. The number of alkyl carbamates (subject to hydrolysis) is 1. The van der Waals surface area contributed by atoms with Gasteiger partial charge in [0, 0.05) is 43.6 Å². The number of H-pyrrole nitrogens is 1. The van der Waals surface area contributed by atoms with Crippen LogP contribution in [0.25, 0.3) is 11.0 Å². The number of hydrogen-bond acceptors (Lipinski definition) is 7. The first-order valence-corrected chi connectivity index (χ1v) is 11.0. The van der Waals surface area contributed by atoms with Crippen LogP contribution in [0.15, 0.2) is 18.3 Å². The van der Waals surface area contributed by atoms with Gasteiger partial charge < -0.3 is 20.1 Å². The van der Waals surface area contributed by atoms with E-state index in [0.717, 1.165) is 66.0 Å². The number of fused-ring (bicyclic) bond motifs is 1. The van der Waals surface area contributed by atoms with Crippen molar-refractivity contribution in [2.45, 2.75) is 63.2 Å². The first kappa shape index (κ1) is 20.7. The number of aryl methyl sites for hydroxylation is 1. The van der Waals surface area contributed by atoms with Crippen LogP contribution in [0, 0.1) is 0 Å². The van der Waals surface area contributed by atoms with Gasteiger partial charge in [-0.3, -0.25) is 14.8 Å². The summed E-state index contributed by atoms with van der Waals surface area (Å²) in [6.07, 6.45) is 6.06. The van der Waals surface area contributed by atoms with Crippen molar-refractivity contribution in [3.63, 3.8) is 0 Å². The second-order valence-electron chi connectivity index (χ2n) is 9.12. The fourth-order valence-corrected chi connectivity index (χ4v) is 4.42. The molecule has 32 heavy (non-hydrogen) atoms. The Morgan fingerprint density at radius 3 is 3.00 bits per heavy atom. The van der Waals surface area contributed by atoms with Gasteiger partial charge in [0.25, 0.3) is 0 Å². The smallest absolute Gasteiger partial charge is 0.407 e. The van der Waals surface area contributed by atoms with E-state index in [1.54, 1.807) is 18.0 Å². The summed E-state index contributed by atoms with van der Waals surface area (Å²) in [6.45, 7) is 2.45. The third kappa shape index (κ3) is 4.14. The highest BCUT2D eigenvalue weighted by atomic mass is 16.6. The normalized spacial score (nSPS) is 21.6. The van der Waals surface area contributed by atoms with Crippen molar-refractivity contribution in [3.8, 4) is 0 Å². The second-order valence-corrected chi connectivity index (χ2v) is 9.12. The van der Waals surface area contributed by atoms with Crippen LogP contribution in [0.1, 0.15) is 56.3 Å². The van der Waals surface area contributed by atoms with Crippen molar-refractivity contribution in [1.29, 1.82) is 0 Å². The van der Waals surface area contributed by atoms with Gasteiger partial charge in [0.15, 0.2) is 5.82 Å². The number of hydrogen-bond donors (Lipinski definition) is 3. The van der Waals surface area contributed by atoms with Crippen LogP contribution in [-0.2, 0) is 23.1 Å². The molecule has 3 N–H and O–H groups in total. The zero-order valence-electron chi connectivity index (χ0n) is 18.6. The molecule has 0 bridgehead atoms. The summed E-state index contributed by atoms with van der Waals surface area (Å²) >= 11 is 0. The average Bonchev–Trinajstić information content (AvgIpc) is 3.13. The number of methoxy groups -OCH3 is 1. The largest absolute Gasteiger partial charge is 0.446 e. The highest BCUT2D eigenvalue weighted by Gasteiger charge is 2.40. The Bertz CT molecular complexity index is 1130. The van der Waals surface area contributed by atoms with Crippen LogP contribution >= 0.6 is 0 Å². The van der Waals surface area contributed by atoms with Gasteiger partial charge in [0.1, 0.15) is 22.8 Å². The molecule has 3 heterocycles. The van der Waals surface area contributed by atoms with Gasteiger partial charge in [-0.1, -0.05) is 0 Å². The standard InChI is InChI=1S/C22H29N7O3/c1-22(7-8-22)25-21(30)32-14-5-4-13(10-14)16-11-18(27-26-16)24-15-6-9-23-19-17(12-31-3)28-29(2)20(15)19/h6,9,11,13-14H,4-5,7-8,10,12H2,1-3H3,(H,25,30)(H2,23,24,26,27)/t13-,14+/m0/s1. The molecule has 170 valence electrons. The molecule has 2 aliphatic rings. The lowest BCUT2D eigenvalue weighted by Crippen LogP contribution is -2.36. The molecule has 0 radical (unpaired) electrons. The maximum absolute atomic E-state index is 12.1. The van der Waals surface area contributed by atoms with E-state index in [4.69, 9.17) is 9.47 Å². The Kier molecular flexibility index (Phi) is 5.24. The van der Waals surface area contributed by atoms with E-state index in [0.29, 0.717) is 6.61 Å². The molecule has 10 nitrogen and oxygen atoms in total. The van der Waals surface area contributed by atoms with Crippen molar-refractivity contribution >= 4 is 28.6 Å². The minimum absolute atomic E-state index is 0.0597. The number of aromatic amines is 1. The van der Waals surface area contributed by atoms with Gasteiger partial charge in [0.05, 0.1) is 12.3 Å². The quantitative estimate of drug-likeness (QED) is 0.515. The predicted octanol–water partition coefficient (Wildman–Crippen LogP) is 3.50. The van der Waals surface area contributed by atoms with Crippen LogP contribution in [-0.4, -0.2) is 49.8 Å². The molecular weight excluding hydrogens is 410 g/mol. The van der Waals surface area contributed by atoms with E-state index >= 15 is 0 Å². The first-order valence-electron chi connectivity index (χ1n) is 11.0. The van der Waals surface area contributed by atoms with Crippen LogP contribution in [0.4, 0.5) is 16.3 Å². The fourth-order valence-electron chi connectivity index (χ4n) is 4.42. The molecule has 0 spiro atoms. The highest BCUT2D eigenvalue weighted by Crippen LogP contribution is 2.38. The Balaban J connectivity index is 1.24. The Hall–Kier alpha value is -3.14. The molecule has 3 aromatic rings. The van der Waals surface area contributed by atoms with Crippen molar-refractivity contribution in [2.24, 2.45) is 7.05 Å². The molecule has 0 aliphatic heterocycles. The minimum atomic E-state index is -0.298. The Labute approximate surface area is 186 Å². The van der Waals surface area contributed by atoms with E-state index in [-0.39, 0.29) is 23.7 Å². The lowest BCUT2D eigenvalue weighted by atomic mass is 10.0. The minimum Gasteiger partial charge on any atom is -0.446 e. The van der Waals surface area contributed by atoms with Gasteiger partial charge in [-0.2, -0.15) is 10.2 Å². The summed E-state index contributed by atoms with van der Waals surface area (Å²) in [6, 6.07) is 3.93. The number of pyridine rings is 1. The number of carbonyl (C=O) groups is 1. The summed E-state index contributed by atoms with van der Waals surface area (Å²) in [5, 5.41) is 18.5. The van der Waals surface area contributed by atoms with Crippen LogP contribution < -0.4 is 10.6 Å². The van der Waals surface area contributed by atoms with Gasteiger partial charge in [-0.05, 0) is 45.1 Å². The molecule has 2 saturated carbocycles. The number of nitrogens with zero attached hydrogens (tertiary/aromatic N) is 4. The fraction of sp³-hybridized carbons (Fsp3) is 0.545. The van der Waals surface area contributed by atoms with Gasteiger partial charge in [0.2, 0.25) is 0 Å². The Morgan fingerprint density at radius 1 is 1.38 bits per heavy atom. The monoisotopic (exact) mass is 439 g/mol. The molecule has 0 unspecified atom stereocenters. The average molecular weight is 440 g/mol. The molecule has 10 heteroatoms. The molecule has 0 aromatic carbocycles. The molecule has 2 atom stereocenters. The van der Waals surface area contributed by atoms with E-state index in [9.17, 15) is 4.79 Å². The van der Waals surface area contributed by atoms with E-state index in [1.165, 1.54) is 0 Å². The van der Waals surface area contributed by atoms with E-state index in [2.05, 4.69) is 30.9 Å². The van der Waals surface area contributed by atoms with Crippen molar-refractivity contribution in [2.75, 3.05) is 12.4 Å². The summed E-state index contributed by atoms with van der Waals surface area (Å²) in [4.78, 5) is 16.6. The van der Waals surface area contributed by atoms with Crippen molar-refractivity contribution in [1.82, 2.24) is 30.3 Å². The summed E-state index contributed by atoms with van der Waals surface area (Å²) in [7, 11) is 3.54. The van der Waals surface area contributed by atoms with Crippen molar-refractivity contribution < 1.29 is 14.3 Å². The lowest BCUT2D eigenvalue weighted by molar-refractivity contribution is 0.0967. The maximum atomic E-state index is 12.1. The molecular formula is C22H29N7O3. The predicted molar refractivity (Wildman–Crippen MR) is 119 cm³/mol. The van der Waals surface area contributed by atoms with Gasteiger partial charge >= 0.3 is 6.09 Å². The third-order valence-electron chi connectivity index (χ3n) is 6.44. The summed E-state index contributed by atoms with van der Waals surface area (Å²) in [5.74, 6) is 1.01. The second kappa shape index (κ2) is 8.09. The topological polar surface area (TPSA) is 119 Å². The molecule has 1 amide bonds. The first-order chi connectivity index (χ1) is 15.4. The third-order valence-corrected chi connectivity index (χ3v) is 6.44. The van der Waals surface area contributed by atoms with Crippen LogP contribution in [0.2, 0.25) is 0 Å². The lowest BCUT2D eigenvalue weighted by Gasteiger charge is -2.16. The molecule has 5 rings (SSSR count). The van der Waals surface area contributed by atoms with E-state index < -0.39 is 0 Å². The molecule has 0 saturated heterocycles. The maximum Gasteiger partial charge on any atom is 0.407 e. The summed E-state index contributed by atoms with van der Waals surface area (Å²) in [5.41, 5.74) is 4.37. The van der Waals surface area contributed by atoms with Crippen LogP contribution in [0.3, 0.4) is 0 Å².